The molecule has 1 aromatic heterocycles. The van der Waals surface area contributed by atoms with E-state index in [0.29, 0.717) is 53.6 Å². The number of piperidine rings is 1. The molecule has 1 fully saturated rings. The number of rotatable bonds is 5. The second-order valence-electron chi connectivity index (χ2n) is 6.81. The smallest absolute Gasteiger partial charge is 0.267 e. The zero-order chi connectivity index (χ0) is 20.5. The van der Waals surface area contributed by atoms with Gasteiger partial charge in [0.05, 0.1) is 10.7 Å². The van der Waals surface area contributed by atoms with Crippen LogP contribution < -0.4 is 4.72 Å². The van der Waals surface area contributed by atoms with Crippen LogP contribution in [0.4, 0.5) is 0 Å². The minimum Gasteiger partial charge on any atom is -0.338 e. The summed E-state index contributed by atoms with van der Waals surface area (Å²) in [6.45, 7) is 4.93. The van der Waals surface area contributed by atoms with Crippen LogP contribution in [-0.4, -0.2) is 48.4 Å². The zero-order valence-electron chi connectivity index (χ0n) is 15.4. The molecule has 11 heteroatoms. The minimum atomic E-state index is -3.74. The van der Waals surface area contributed by atoms with Crippen LogP contribution in [0.15, 0.2) is 17.0 Å². The molecule has 0 atom stereocenters. The second kappa shape index (κ2) is 8.62. The number of likely N-dealkylation sites (tertiary alicyclic amines) is 1. The fraction of sp³-hybridized carbons (Fsp3) is 0.471. The molecule has 2 heterocycles. The number of aromatic nitrogens is 2. The average Bonchev–Trinajstić information content (AvgIpc) is 3.08. The Kier molecular flexibility index (Phi) is 6.61. The number of hydrogen-bond donors (Lipinski definition) is 1. The number of halogens is 2. The van der Waals surface area contributed by atoms with Crippen molar-refractivity contribution in [1.29, 1.82) is 0 Å². The molecule has 28 heavy (non-hydrogen) atoms. The van der Waals surface area contributed by atoms with Gasteiger partial charge in [-0.2, -0.15) is 0 Å². The highest BCUT2D eigenvalue weighted by Crippen LogP contribution is 2.28. The van der Waals surface area contributed by atoms with Crippen LogP contribution in [0.25, 0.3) is 0 Å². The zero-order valence-corrected chi connectivity index (χ0v) is 18.6. The first kappa shape index (κ1) is 21.4. The van der Waals surface area contributed by atoms with Crippen LogP contribution in [0, 0.1) is 19.8 Å². The number of nitrogens with zero attached hydrogens (tertiary/aromatic N) is 3. The third-order valence-electron chi connectivity index (χ3n) is 4.81. The van der Waals surface area contributed by atoms with Crippen molar-refractivity contribution in [2.24, 2.45) is 5.92 Å². The first-order valence-electron chi connectivity index (χ1n) is 8.72. The summed E-state index contributed by atoms with van der Waals surface area (Å²) in [4.78, 5) is 14.9. The molecule has 1 saturated heterocycles. The third-order valence-corrected chi connectivity index (χ3v) is 7.92. The highest BCUT2D eigenvalue weighted by molar-refractivity contribution is 7.89. The normalized spacial score (nSPS) is 15.8. The van der Waals surface area contributed by atoms with E-state index in [4.69, 9.17) is 23.2 Å². The highest BCUT2D eigenvalue weighted by Gasteiger charge is 2.27. The van der Waals surface area contributed by atoms with Crippen molar-refractivity contribution in [2.75, 3.05) is 19.6 Å². The van der Waals surface area contributed by atoms with Crippen molar-refractivity contribution in [3.63, 3.8) is 0 Å². The number of benzene rings is 1. The molecule has 0 unspecified atom stereocenters. The van der Waals surface area contributed by atoms with Gasteiger partial charge in [-0.3, -0.25) is 4.79 Å². The van der Waals surface area contributed by atoms with E-state index in [1.54, 1.807) is 18.7 Å². The van der Waals surface area contributed by atoms with E-state index in [2.05, 4.69) is 14.3 Å². The maximum atomic E-state index is 12.6. The number of carbonyl (C=O) groups is 1. The van der Waals surface area contributed by atoms with Crippen LogP contribution in [0.5, 0.6) is 0 Å². The Hall–Kier alpha value is -1.26. The Morgan fingerprint density at radius 1 is 1.25 bits per heavy atom. The second-order valence-corrected chi connectivity index (χ2v) is 10.1. The number of amides is 1. The number of sulfonamides is 1. The lowest BCUT2D eigenvalue weighted by Crippen LogP contribution is -2.41. The molecule has 2 aromatic rings. The summed E-state index contributed by atoms with van der Waals surface area (Å²) in [5, 5.41) is 4.39. The molecule has 1 aliphatic heterocycles. The fourth-order valence-electron chi connectivity index (χ4n) is 3.05. The lowest BCUT2D eigenvalue weighted by molar-refractivity contribution is 0.0696. The van der Waals surface area contributed by atoms with Crippen molar-refractivity contribution in [3.8, 4) is 0 Å². The van der Waals surface area contributed by atoms with Crippen LogP contribution in [-0.2, 0) is 10.0 Å². The Balaban J connectivity index is 1.57. The predicted molar refractivity (Wildman–Crippen MR) is 110 cm³/mol. The van der Waals surface area contributed by atoms with Crippen molar-refractivity contribution >= 4 is 50.7 Å². The Morgan fingerprint density at radius 2 is 1.93 bits per heavy atom. The Morgan fingerprint density at radius 3 is 2.54 bits per heavy atom. The molecule has 0 spiro atoms. The summed E-state index contributed by atoms with van der Waals surface area (Å²) in [5.41, 5.74) is 1.28. The van der Waals surface area contributed by atoms with Crippen molar-refractivity contribution < 1.29 is 13.2 Å². The SMILES string of the molecule is Cc1cc(S(=O)(=O)NCC2CCN(C(=O)c3snnc3C)CC2)c(Cl)cc1Cl. The van der Waals surface area contributed by atoms with Gasteiger partial charge >= 0.3 is 0 Å². The molecule has 0 saturated carbocycles. The van der Waals surface area contributed by atoms with E-state index in [0.717, 1.165) is 11.5 Å². The van der Waals surface area contributed by atoms with Crippen LogP contribution in [0.1, 0.15) is 33.8 Å². The standard InChI is InChI=1S/C17H20Cl2N4O3S2/c1-10-7-15(14(19)8-13(10)18)28(25,26)20-9-12-3-5-23(6-4-12)17(24)16-11(2)21-22-27-16/h7-8,12,20H,3-6,9H2,1-2H3. The van der Waals surface area contributed by atoms with Gasteiger partial charge in [-0.1, -0.05) is 27.7 Å². The molecule has 0 aliphatic carbocycles. The topological polar surface area (TPSA) is 92.3 Å². The molecule has 1 amide bonds. The summed E-state index contributed by atoms with van der Waals surface area (Å²) < 4.78 is 31.7. The van der Waals surface area contributed by atoms with E-state index >= 15 is 0 Å². The van der Waals surface area contributed by atoms with E-state index in [-0.39, 0.29) is 21.7 Å². The van der Waals surface area contributed by atoms with Crippen LogP contribution in [0.2, 0.25) is 10.0 Å². The number of hydrogen-bond acceptors (Lipinski definition) is 6. The average molecular weight is 463 g/mol. The molecule has 1 aromatic carbocycles. The minimum absolute atomic E-state index is 0.0249. The van der Waals surface area contributed by atoms with E-state index in [1.165, 1.54) is 12.1 Å². The largest absolute Gasteiger partial charge is 0.338 e. The van der Waals surface area contributed by atoms with Gasteiger partial charge in [-0.15, -0.1) is 5.10 Å². The molecule has 1 aliphatic rings. The van der Waals surface area contributed by atoms with Crippen LogP contribution >= 0.6 is 34.7 Å². The van der Waals surface area contributed by atoms with Gasteiger partial charge in [-0.25, -0.2) is 13.1 Å². The van der Waals surface area contributed by atoms with E-state index < -0.39 is 10.0 Å². The number of nitrogens with one attached hydrogen (secondary N) is 1. The fourth-order valence-corrected chi connectivity index (χ4v) is 5.62. The monoisotopic (exact) mass is 462 g/mol. The predicted octanol–water partition coefficient (Wildman–Crippen LogP) is 3.29. The lowest BCUT2D eigenvalue weighted by Gasteiger charge is -2.31. The molecule has 0 radical (unpaired) electrons. The summed E-state index contributed by atoms with van der Waals surface area (Å²) in [7, 11) is -3.74. The van der Waals surface area contributed by atoms with Gasteiger partial charge in [-0.05, 0) is 61.8 Å². The van der Waals surface area contributed by atoms with Crippen molar-refractivity contribution in [3.05, 3.63) is 38.3 Å². The summed E-state index contributed by atoms with van der Waals surface area (Å²) >= 11 is 13.1. The van der Waals surface area contributed by atoms with Gasteiger partial charge in [0.25, 0.3) is 5.91 Å². The summed E-state index contributed by atoms with van der Waals surface area (Å²) in [6, 6.07) is 2.91. The molecule has 152 valence electrons. The summed E-state index contributed by atoms with van der Waals surface area (Å²) in [6.07, 6.45) is 1.43. The lowest BCUT2D eigenvalue weighted by atomic mass is 9.97. The Labute approximate surface area is 178 Å². The van der Waals surface area contributed by atoms with Crippen molar-refractivity contribution in [2.45, 2.75) is 31.6 Å². The molecular weight excluding hydrogens is 443 g/mol. The molecular formula is C17H20Cl2N4O3S2. The first-order chi connectivity index (χ1) is 13.2. The number of carbonyl (C=O) groups excluding carboxylic acids is 1. The van der Waals surface area contributed by atoms with E-state index in [9.17, 15) is 13.2 Å². The number of aryl methyl sites for hydroxylation is 2. The first-order valence-corrected chi connectivity index (χ1v) is 11.7. The van der Waals surface area contributed by atoms with Gasteiger partial charge in [0.15, 0.2) is 0 Å². The highest BCUT2D eigenvalue weighted by atomic mass is 35.5. The quantitative estimate of drug-likeness (QED) is 0.735. The van der Waals surface area contributed by atoms with Gasteiger partial charge in [0.2, 0.25) is 10.0 Å². The van der Waals surface area contributed by atoms with Gasteiger partial charge < -0.3 is 4.90 Å². The third kappa shape index (κ3) is 4.65. The van der Waals surface area contributed by atoms with Gasteiger partial charge in [0, 0.05) is 24.7 Å². The molecule has 1 N–H and O–H groups in total. The van der Waals surface area contributed by atoms with Crippen molar-refractivity contribution in [1.82, 2.24) is 19.2 Å². The maximum absolute atomic E-state index is 12.6. The van der Waals surface area contributed by atoms with Crippen LogP contribution in [0.3, 0.4) is 0 Å². The molecule has 0 bridgehead atoms. The molecule has 7 nitrogen and oxygen atoms in total. The maximum Gasteiger partial charge on any atom is 0.267 e. The summed E-state index contributed by atoms with van der Waals surface area (Å²) in [5.74, 6) is 0.0848. The Bertz CT molecular complexity index is 986. The molecule has 3 rings (SSSR count). The van der Waals surface area contributed by atoms with E-state index in [1.807, 2.05) is 0 Å². The van der Waals surface area contributed by atoms with Gasteiger partial charge in [0.1, 0.15) is 9.77 Å².